The van der Waals surface area contributed by atoms with Gasteiger partial charge in [0.2, 0.25) is 0 Å². The van der Waals surface area contributed by atoms with Crippen LogP contribution in [0.5, 0.6) is 0 Å². The zero-order valence-electron chi connectivity index (χ0n) is 12.0. The van der Waals surface area contributed by atoms with Crippen molar-refractivity contribution in [3.8, 4) is 0 Å². The van der Waals surface area contributed by atoms with Gasteiger partial charge in [0, 0.05) is 16.1 Å². The summed E-state index contributed by atoms with van der Waals surface area (Å²) in [4.78, 5) is 23.2. The Balaban J connectivity index is 2.08. The number of nitrogens with one attached hydrogen (secondary N) is 1. The molecular weight excluding hydrogens is 379 g/mol. The van der Waals surface area contributed by atoms with Gasteiger partial charge in [0.05, 0.1) is 11.5 Å². The number of carboxylic acids is 1. The van der Waals surface area contributed by atoms with Crippen LogP contribution < -0.4 is 5.32 Å². The molecule has 1 amide bonds. The SMILES string of the molecule is O=C(O)c1cc(Br)cc(C(=O)NC2CCCC(C(F)(F)F)C2)c1. The number of halogens is 4. The third-order valence-electron chi connectivity index (χ3n) is 3.88. The van der Waals surface area contributed by atoms with E-state index in [9.17, 15) is 22.8 Å². The molecule has 8 heteroatoms. The van der Waals surface area contributed by atoms with Gasteiger partial charge >= 0.3 is 12.1 Å². The molecule has 2 unspecified atom stereocenters. The Morgan fingerprint density at radius 1 is 1.17 bits per heavy atom. The standard InChI is InChI=1S/C15H15BrF3NO3/c16-11-5-8(4-9(6-11)14(22)23)13(21)20-12-3-1-2-10(7-12)15(17,18)19/h4-6,10,12H,1-3,7H2,(H,20,21)(H,22,23). The molecule has 0 saturated heterocycles. The fraction of sp³-hybridized carbons (Fsp3) is 0.467. The highest BCUT2D eigenvalue weighted by molar-refractivity contribution is 9.10. The van der Waals surface area contributed by atoms with E-state index < -0.39 is 30.0 Å². The molecule has 1 aliphatic rings. The second-order valence-corrected chi connectivity index (χ2v) is 6.52. The number of amides is 1. The molecule has 0 radical (unpaired) electrons. The maximum Gasteiger partial charge on any atom is 0.391 e. The van der Waals surface area contributed by atoms with Gasteiger partial charge in [-0.25, -0.2) is 4.79 Å². The van der Waals surface area contributed by atoms with E-state index in [4.69, 9.17) is 5.11 Å². The largest absolute Gasteiger partial charge is 0.478 e. The van der Waals surface area contributed by atoms with E-state index in [1.807, 2.05) is 0 Å². The summed E-state index contributed by atoms with van der Waals surface area (Å²) in [5, 5.41) is 11.6. The molecule has 2 atom stereocenters. The molecule has 2 N–H and O–H groups in total. The second kappa shape index (κ2) is 6.90. The summed E-state index contributed by atoms with van der Waals surface area (Å²) in [6.07, 6.45) is -3.44. The fourth-order valence-corrected chi connectivity index (χ4v) is 3.22. The average Bonchev–Trinajstić information content (AvgIpc) is 2.46. The van der Waals surface area contributed by atoms with Crippen LogP contribution in [0.4, 0.5) is 13.2 Å². The maximum absolute atomic E-state index is 12.8. The minimum Gasteiger partial charge on any atom is -0.478 e. The molecule has 1 fully saturated rings. The first kappa shape index (κ1) is 17.8. The summed E-state index contributed by atoms with van der Waals surface area (Å²) in [5.41, 5.74) is 0.0345. The summed E-state index contributed by atoms with van der Waals surface area (Å²) in [7, 11) is 0. The predicted molar refractivity (Wildman–Crippen MR) is 80.4 cm³/mol. The van der Waals surface area contributed by atoms with Crippen LogP contribution in [0, 0.1) is 5.92 Å². The van der Waals surface area contributed by atoms with Gasteiger partial charge in [-0.15, -0.1) is 0 Å². The van der Waals surface area contributed by atoms with Crippen molar-refractivity contribution < 1.29 is 27.9 Å². The van der Waals surface area contributed by atoms with E-state index >= 15 is 0 Å². The monoisotopic (exact) mass is 393 g/mol. The number of hydrogen-bond donors (Lipinski definition) is 2. The Morgan fingerprint density at radius 2 is 1.83 bits per heavy atom. The Kier molecular flexibility index (Phi) is 5.33. The van der Waals surface area contributed by atoms with Crippen molar-refractivity contribution in [3.63, 3.8) is 0 Å². The van der Waals surface area contributed by atoms with Crippen LogP contribution in [0.15, 0.2) is 22.7 Å². The predicted octanol–water partition coefficient (Wildman–Crippen LogP) is 4.00. The van der Waals surface area contributed by atoms with Crippen LogP contribution in [-0.4, -0.2) is 29.2 Å². The first-order valence-electron chi connectivity index (χ1n) is 7.08. The quantitative estimate of drug-likeness (QED) is 0.815. The first-order chi connectivity index (χ1) is 10.7. The van der Waals surface area contributed by atoms with E-state index in [2.05, 4.69) is 21.2 Å². The molecule has 2 rings (SSSR count). The van der Waals surface area contributed by atoms with Gasteiger partial charge in [-0.1, -0.05) is 22.4 Å². The van der Waals surface area contributed by atoms with Crippen molar-refractivity contribution in [2.45, 2.75) is 37.9 Å². The fourth-order valence-electron chi connectivity index (χ4n) is 2.73. The van der Waals surface area contributed by atoms with E-state index in [0.717, 1.165) is 0 Å². The van der Waals surface area contributed by atoms with Crippen molar-refractivity contribution in [3.05, 3.63) is 33.8 Å². The van der Waals surface area contributed by atoms with E-state index in [1.165, 1.54) is 18.2 Å². The lowest BCUT2D eigenvalue weighted by molar-refractivity contribution is -0.183. The number of benzene rings is 1. The summed E-state index contributed by atoms with van der Waals surface area (Å²) in [6.45, 7) is 0. The van der Waals surface area contributed by atoms with Gasteiger partial charge in [-0.05, 0) is 37.5 Å². The molecule has 0 aliphatic heterocycles. The second-order valence-electron chi connectivity index (χ2n) is 5.61. The Bertz CT molecular complexity index is 618. The van der Waals surface area contributed by atoms with Crippen LogP contribution in [0.1, 0.15) is 46.4 Å². The molecular formula is C15H15BrF3NO3. The summed E-state index contributed by atoms with van der Waals surface area (Å²) >= 11 is 3.12. The van der Waals surface area contributed by atoms with Crippen LogP contribution in [0.25, 0.3) is 0 Å². The smallest absolute Gasteiger partial charge is 0.391 e. The number of aromatic carboxylic acids is 1. The number of hydrogen-bond acceptors (Lipinski definition) is 2. The van der Waals surface area contributed by atoms with Gasteiger partial charge < -0.3 is 10.4 Å². The highest BCUT2D eigenvalue weighted by atomic mass is 79.9. The number of carbonyl (C=O) groups is 2. The van der Waals surface area contributed by atoms with Crippen molar-refractivity contribution >= 4 is 27.8 Å². The van der Waals surface area contributed by atoms with Gasteiger partial charge in [0.15, 0.2) is 0 Å². The van der Waals surface area contributed by atoms with Crippen molar-refractivity contribution in [2.24, 2.45) is 5.92 Å². The topological polar surface area (TPSA) is 66.4 Å². The summed E-state index contributed by atoms with van der Waals surface area (Å²) in [6, 6.07) is 3.42. The Hall–Kier alpha value is -1.57. The van der Waals surface area contributed by atoms with Gasteiger partial charge in [0.25, 0.3) is 5.91 Å². The average molecular weight is 394 g/mol. The molecule has 0 spiro atoms. The lowest BCUT2D eigenvalue weighted by Gasteiger charge is -2.31. The van der Waals surface area contributed by atoms with Crippen LogP contribution >= 0.6 is 15.9 Å². The van der Waals surface area contributed by atoms with E-state index in [1.54, 1.807) is 0 Å². The highest BCUT2D eigenvalue weighted by Gasteiger charge is 2.42. The number of carbonyl (C=O) groups excluding carboxylic acids is 1. The first-order valence-corrected chi connectivity index (χ1v) is 7.87. The van der Waals surface area contributed by atoms with Crippen molar-refractivity contribution in [2.75, 3.05) is 0 Å². The summed E-state index contributed by atoms with van der Waals surface area (Å²) < 4.78 is 38.8. The maximum atomic E-state index is 12.8. The molecule has 1 aromatic carbocycles. The lowest BCUT2D eigenvalue weighted by atomic mass is 9.85. The van der Waals surface area contributed by atoms with Gasteiger partial charge in [-0.3, -0.25) is 4.79 Å². The Morgan fingerprint density at radius 3 is 2.43 bits per heavy atom. The van der Waals surface area contributed by atoms with Crippen LogP contribution in [0.3, 0.4) is 0 Å². The zero-order valence-corrected chi connectivity index (χ0v) is 13.6. The van der Waals surface area contributed by atoms with E-state index in [0.29, 0.717) is 17.3 Å². The van der Waals surface area contributed by atoms with Crippen LogP contribution in [0.2, 0.25) is 0 Å². The molecule has 1 aliphatic carbocycles. The molecule has 0 heterocycles. The minimum absolute atomic E-state index is 0.0682. The molecule has 1 aromatic rings. The molecule has 1 saturated carbocycles. The third kappa shape index (κ3) is 4.70. The lowest BCUT2D eigenvalue weighted by Crippen LogP contribution is -2.41. The van der Waals surface area contributed by atoms with Crippen molar-refractivity contribution in [1.29, 1.82) is 0 Å². The number of rotatable bonds is 3. The van der Waals surface area contributed by atoms with Gasteiger partial charge in [0.1, 0.15) is 0 Å². The summed E-state index contributed by atoms with van der Waals surface area (Å²) in [5.74, 6) is -3.16. The highest BCUT2D eigenvalue weighted by Crippen LogP contribution is 2.37. The van der Waals surface area contributed by atoms with E-state index in [-0.39, 0.29) is 24.0 Å². The third-order valence-corrected chi connectivity index (χ3v) is 4.34. The van der Waals surface area contributed by atoms with Gasteiger partial charge in [-0.2, -0.15) is 13.2 Å². The van der Waals surface area contributed by atoms with Crippen LogP contribution in [-0.2, 0) is 0 Å². The molecule has 126 valence electrons. The molecule has 0 aromatic heterocycles. The zero-order chi connectivity index (χ0) is 17.2. The molecule has 23 heavy (non-hydrogen) atoms. The molecule has 4 nitrogen and oxygen atoms in total. The normalized spacial score (nSPS) is 21.7. The Labute approximate surface area is 139 Å². The molecule has 0 bridgehead atoms. The number of carboxylic acid groups (broad SMARTS) is 1. The van der Waals surface area contributed by atoms with Crippen molar-refractivity contribution in [1.82, 2.24) is 5.32 Å². The number of alkyl halides is 3. The minimum atomic E-state index is -4.25.